The van der Waals surface area contributed by atoms with Gasteiger partial charge in [0.25, 0.3) is 0 Å². The summed E-state index contributed by atoms with van der Waals surface area (Å²) in [5, 5.41) is 0. The number of anilines is 1. The van der Waals surface area contributed by atoms with Gasteiger partial charge in [-0.2, -0.15) is 0 Å². The molecule has 1 heterocycles. The van der Waals surface area contributed by atoms with Crippen LogP contribution in [0.3, 0.4) is 0 Å². The quantitative estimate of drug-likeness (QED) is 0.872. The van der Waals surface area contributed by atoms with Gasteiger partial charge in [-0.1, -0.05) is 44.4 Å². The predicted molar refractivity (Wildman–Crippen MR) is 86.0 cm³/mol. The van der Waals surface area contributed by atoms with E-state index in [-0.39, 0.29) is 6.04 Å². The van der Waals surface area contributed by atoms with Gasteiger partial charge in [0.05, 0.1) is 0 Å². The van der Waals surface area contributed by atoms with Crippen LogP contribution in [0.4, 0.5) is 5.69 Å². The van der Waals surface area contributed by atoms with Crippen molar-refractivity contribution in [1.82, 2.24) is 0 Å². The first-order chi connectivity index (χ1) is 9.81. The van der Waals surface area contributed by atoms with Crippen LogP contribution in [0, 0.1) is 5.92 Å². The molecule has 2 heteroatoms. The molecule has 0 spiro atoms. The molecule has 3 atom stereocenters. The van der Waals surface area contributed by atoms with Crippen molar-refractivity contribution in [3.63, 3.8) is 0 Å². The van der Waals surface area contributed by atoms with E-state index in [1.54, 1.807) is 0 Å². The molecule has 1 aliphatic heterocycles. The van der Waals surface area contributed by atoms with Crippen LogP contribution in [0.2, 0.25) is 0 Å². The summed E-state index contributed by atoms with van der Waals surface area (Å²) in [4.78, 5) is 2.70. The van der Waals surface area contributed by atoms with E-state index in [0.29, 0.717) is 0 Å². The first kappa shape index (κ1) is 13.9. The van der Waals surface area contributed by atoms with E-state index < -0.39 is 0 Å². The minimum Gasteiger partial charge on any atom is -0.368 e. The van der Waals surface area contributed by atoms with E-state index in [9.17, 15) is 0 Å². The molecule has 2 nitrogen and oxygen atoms in total. The second-order valence-corrected chi connectivity index (χ2v) is 6.52. The van der Waals surface area contributed by atoms with Crippen molar-refractivity contribution in [1.29, 1.82) is 0 Å². The molecule has 0 amide bonds. The standard InChI is InChI=1S/C18H28N2/c1-2-14-8-3-5-11-17(14)20-13-7-10-16(19)15-9-4-6-12-18(15)20/h4,6,9,12,14,16-17H,2-3,5,7-8,10-11,13,19H2,1H3. The van der Waals surface area contributed by atoms with Crippen LogP contribution in [-0.2, 0) is 0 Å². The smallest absolute Gasteiger partial charge is 0.0417 e. The number of hydrogen-bond donors (Lipinski definition) is 1. The number of nitrogens with zero attached hydrogens (tertiary/aromatic N) is 1. The number of benzene rings is 1. The number of fused-ring (bicyclic) bond motifs is 1. The Hall–Kier alpha value is -1.02. The normalized spacial score (nSPS) is 30.7. The average molecular weight is 272 g/mol. The molecule has 3 unspecified atom stereocenters. The Kier molecular flexibility index (Phi) is 4.30. The maximum Gasteiger partial charge on any atom is 0.0417 e. The van der Waals surface area contributed by atoms with Gasteiger partial charge in [-0.05, 0) is 43.2 Å². The third-order valence-corrected chi connectivity index (χ3v) is 5.35. The number of rotatable bonds is 2. The molecule has 2 aliphatic rings. The van der Waals surface area contributed by atoms with E-state index in [1.807, 2.05) is 0 Å². The van der Waals surface area contributed by atoms with Crippen LogP contribution in [0.25, 0.3) is 0 Å². The zero-order valence-corrected chi connectivity index (χ0v) is 12.7. The molecule has 0 radical (unpaired) electrons. The minimum absolute atomic E-state index is 0.222. The molecule has 1 aromatic rings. The summed E-state index contributed by atoms with van der Waals surface area (Å²) in [6.07, 6.45) is 9.25. The molecule has 0 aromatic heterocycles. The third-order valence-electron chi connectivity index (χ3n) is 5.35. The summed E-state index contributed by atoms with van der Waals surface area (Å²) in [6, 6.07) is 9.80. The Morgan fingerprint density at radius 2 is 1.90 bits per heavy atom. The summed E-state index contributed by atoms with van der Waals surface area (Å²) >= 11 is 0. The molecule has 1 saturated carbocycles. The van der Waals surface area contributed by atoms with Crippen molar-refractivity contribution in [2.45, 2.75) is 64.0 Å². The SMILES string of the molecule is CCC1CCCCC1N1CCCC(N)c2ccccc21. The van der Waals surface area contributed by atoms with Gasteiger partial charge in [0.1, 0.15) is 0 Å². The third kappa shape index (κ3) is 2.58. The van der Waals surface area contributed by atoms with E-state index in [2.05, 4.69) is 36.1 Å². The van der Waals surface area contributed by atoms with Crippen LogP contribution >= 0.6 is 0 Å². The van der Waals surface area contributed by atoms with Crippen molar-refractivity contribution in [2.24, 2.45) is 11.7 Å². The molecule has 0 saturated heterocycles. The van der Waals surface area contributed by atoms with Gasteiger partial charge in [0.15, 0.2) is 0 Å². The Bertz CT molecular complexity index is 443. The van der Waals surface area contributed by atoms with Crippen molar-refractivity contribution in [3.8, 4) is 0 Å². The van der Waals surface area contributed by atoms with Crippen molar-refractivity contribution < 1.29 is 0 Å². The van der Waals surface area contributed by atoms with Gasteiger partial charge >= 0.3 is 0 Å². The fraction of sp³-hybridized carbons (Fsp3) is 0.667. The van der Waals surface area contributed by atoms with Gasteiger partial charge < -0.3 is 10.6 Å². The fourth-order valence-electron chi connectivity index (χ4n) is 4.24. The highest BCUT2D eigenvalue weighted by molar-refractivity contribution is 5.56. The lowest BCUT2D eigenvalue weighted by Crippen LogP contribution is -2.43. The molecule has 3 rings (SSSR count). The van der Waals surface area contributed by atoms with E-state index in [0.717, 1.165) is 18.4 Å². The number of hydrogen-bond acceptors (Lipinski definition) is 2. The minimum atomic E-state index is 0.222. The van der Waals surface area contributed by atoms with Gasteiger partial charge in [-0.15, -0.1) is 0 Å². The molecule has 1 fully saturated rings. The molecule has 20 heavy (non-hydrogen) atoms. The Morgan fingerprint density at radius 1 is 1.10 bits per heavy atom. The summed E-state index contributed by atoms with van der Waals surface area (Å²) < 4.78 is 0. The van der Waals surface area contributed by atoms with Crippen LogP contribution in [0.5, 0.6) is 0 Å². The molecule has 110 valence electrons. The molecule has 1 aromatic carbocycles. The summed E-state index contributed by atoms with van der Waals surface area (Å²) in [5.74, 6) is 0.867. The van der Waals surface area contributed by atoms with Crippen LogP contribution in [-0.4, -0.2) is 12.6 Å². The largest absolute Gasteiger partial charge is 0.368 e. The highest BCUT2D eigenvalue weighted by Crippen LogP contribution is 2.38. The maximum absolute atomic E-state index is 6.38. The molecule has 0 bridgehead atoms. The summed E-state index contributed by atoms with van der Waals surface area (Å²) in [6.45, 7) is 3.55. The second kappa shape index (κ2) is 6.17. The lowest BCUT2D eigenvalue weighted by atomic mass is 9.81. The van der Waals surface area contributed by atoms with E-state index >= 15 is 0 Å². The zero-order valence-electron chi connectivity index (χ0n) is 12.7. The zero-order chi connectivity index (χ0) is 13.9. The van der Waals surface area contributed by atoms with Crippen molar-refractivity contribution >= 4 is 5.69 Å². The topological polar surface area (TPSA) is 29.3 Å². The van der Waals surface area contributed by atoms with Crippen LogP contribution < -0.4 is 10.6 Å². The maximum atomic E-state index is 6.38. The highest BCUT2D eigenvalue weighted by Gasteiger charge is 2.31. The first-order valence-corrected chi connectivity index (χ1v) is 8.42. The van der Waals surface area contributed by atoms with E-state index in [1.165, 1.54) is 56.3 Å². The molecule has 2 N–H and O–H groups in total. The fourth-order valence-corrected chi connectivity index (χ4v) is 4.24. The summed E-state index contributed by atoms with van der Waals surface area (Å²) in [7, 11) is 0. The Morgan fingerprint density at radius 3 is 2.75 bits per heavy atom. The molecule has 1 aliphatic carbocycles. The Labute approximate surface area is 123 Å². The second-order valence-electron chi connectivity index (χ2n) is 6.52. The Balaban J connectivity index is 1.93. The van der Waals surface area contributed by atoms with Crippen molar-refractivity contribution in [2.75, 3.05) is 11.4 Å². The van der Waals surface area contributed by atoms with Gasteiger partial charge in [-0.3, -0.25) is 0 Å². The van der Waals surface area contributed by atoms with Gasteiger partial charge in [-0.25, -0.2) is 0 Å². The lowest BCUT2D eigenvalue weighted by molar-refractivity contribution is 0.285. The van der Waals surface area contributed by atoms with Crippen LogP contribution in [0.15, 0.2) is 24.3 Å². The van der Waals surface area contributed by atoms with Gasteiger partial charge in [0, 0.05) is 24.3 Å². The van der Waals surface area contributed by atoms with Gasteiger partial charge in [0.2, 0.25) is 0 Å². The number of nitrogens with two attached hydrogens (primary N) is 1. The molecular weight excluding hydrogens is 244 g/mol. The predicted octanol–water partition coefficient (Wildman–Crippen LogP) is 4.26. The summed E-state index contributed by atoms with van der Waals surface area (Å²) in [5.41, 5.74) is 9.16. The molecular formula is C18H28N2. The number of para-hydroxylation sites is 1. The lowest BCUT2D eigenvalue weighted by Gasteiger charge is -2.41. The van der Waals surface area contributed by atoms with Crippen LogP contribution in [0.1, 0.15) is 63.5 Å². The highest BCUT2D eigenvalue weighted by atomic mass is 15.2. The monoisotopic (exact) mass is 272 g/mol. The average Bonchev–Trinajstić information content (AvgIpc) is 2.67. The first-order valence-electron chi connectivity index (χ1n) is 8.42. The van der Waals surface area contributed by atoms with E-state index in [4.69, 9.17) is 5.73 Å². The van der Waals surface area contributed by atoms with Crippen molar-refractivity contribution in [3.05, 3.63) is 29.8 Å².